The number of hydrogen-bond acceptors (Lipinski definition) is 4. The first-order chi connectivity index (χ1) is 8.97. The Morgan fingerprint density at radius 3 is 2.47 bits per heavy atom. The van der Waals surface area contributed by atoms with Gasteiger partial charge in [-0.2, -0.15) is 0 Å². The molecule has 0 bridgehead atoms. The van der Waals surface area contributed by atoms with Gasteiger partial charge in [-0.3, -0.25) is 0 Å². The molecule has 0 aliphatic heterocycles. The van der Waals surface area contributed by atoms with Crippen molar-refractivity contribution in [3.05, 3.63) is 0 Å². The third-order valence-electron chi connectivity index (χ3n) is 2.90. The molecule has 0 saturated heterocycles. The SMILES string of the molecule is CC(C)(C)OC(=O)NCCNCCOC1CCCC1. The van der Waals surface area contributed by atoms with Crippen molar-refractivity contribution in [1.82, 2.24) is 10.6 Å². The molecule has 0 spiro atoms. The summed E-state index contributed by atoms with van der Waals surface area (Å²) in [5.74, 6) is 0. The van der Waals surface area contributed by atoms with E-state index in [1.165, 1.54) is 25.7 Å². The predicted octanol–water partition coefficient (Wildman–Crippen LogP) is 2.06. The van der Waals surface area contributed by atoms with Crippen LogP contribution in [0.5, 0.6) is 0 Å². The third kappa shape index (κ3) is 8.83. The molecule has 2 N–H and O–H groups in total. The van der Waals surface area contributed by atoms with Gasteiger partial charge in [-0.25, -0.2) is 4.79 Å². The summed E-state index contributed by atoms with van der Waals surface area (Å²) in [6.07, 6.45) is 5.13. The summed E-state index contributed by atoms with van der Waals surface area (Å²) in [5, 5.41) is 5.94. The first-order valence-corrected chi connectivity index (χ1v) is 7.26. The van der Waals surface area contributed by atoms with E-state index in [9.17, 15) is 4.79 Å². The molecule has 1 amide bonds. The molecular weight excluding hydrogens is 244 g/mol. The molecule has 0 unspecified atom stereocenters. The molecule has 1 aliphatic rings. The molecule has 1 saturated carbocycles. The van der Waals surface area contributed by atoms with Crippen LogP contribution in [0.15, 0.2) is 0 Å². The van der Waals surface area contributed by atoms with E-state index in [-0.39, 0.29) is 6.09 Å². The molecule has 19 heavy (non-hydrogen) atoms. The average Bonchev–Trinajstić information content (AvgIpc) is 2.78. The Kier molecular flexibility index (Phi) is 7.16. The standard InChI is InChI=1S/C14H28N2O3/c1-14(2,3)19-13(17)16-9-8-15-10-11-18-12-6-4-5-7-12/h12,15H,4-11H2,1-3H3,(H,16,17). The van der Waals surface area contributed by atoms with Gasteiger partial charge in [0.05, 0.1) is 12.7 Å². The van der Waals surface area contributed by atoms with E-state index in [1.54, 1.807) is 0 Å². The number of rotatable bonds is 7. The lowest BCUT2D eigenvalue weighted by molar-refractivity contribution is 0.0525. The molecule has 0 radical (unpaired) electrons. The summed E-state index contributed by atoms with van der Waals surface area (Å²) in [7, 11) is 0. The second-order valence-electron chi connectivity index (χ2n) is 5.96. The number of ether oxygens (including phenoxy) is 2. The lowest BCUT2D eigenvalue weighted by Gasteiger charge is -2.19. The van der Waals surface area contributed by atoms with E-state index in [4.69, 9.17) is 9.47 Å². The minimum Gasteiger partial charge on any atom is -0.444 e. The average molecular weight is 272 g/mol. The normalized spacial score (nSPS) is 16.6. The Labute approximate surface area is 116 Å². The zero-order valence-corrected chi connectivity index (χ0v) is 12.5. The fourth-order valence-electron chi connectivity index (χ4n) is 2.04. The van der Waals surface area contributed by atoms with Crippen molar-refractivity contribution in [3.63, 3.8) is 0 Å². The van der Waals surface area contributed by atoms with Crippen molar-refractivity contribution < 1.29 is 14.3 Å². The first-order valence-electron chi connectivity index (χ1n) is 7.26. The first kappa shape index (κ1) is 16.2. The maximum absolute atomic E-state index is 11.3. The summed E-state index contributed by atoms with van der Waals surface area (Å²) in [6, 6.07) is 0. The smallest absolute Gasteiger partial charge is 0.407 e. The van der Waals surface area contributed by atoms with Crippen LogP contribution in [0.4, 0.5) is 4.79 Å². The number of amides is 1. The van der Waals surface area contributed by atoms with Gasteiger partial charge in [-0.05, 0) is 33.6 Å². The van der Waals surface area contributed by atoms with E-state index in [0.717, 1.165) is 19.7 Å². The summed E-state index contributed by atoms with van der Waals surface area (Å²) in [6.45, 7) is 8.43. The zero-order valence-electron chi connectivity index (χ0n) is 12.5. The highest BCUT2D eigenvalue weighted by molar-refractivity contribution is 5.67. The Hall–Kier alpha value is -0.810. The molecule has 1 aliphatic carbocycles. The molecule has 1 fully saturated rings. The number of alkyl carbamates (subject to hydrolysis) is 1. The van der Waals surface area contributed by atoms with E-state index in [1.807, 2.05) is 20.8 Å². The van der Waals surface area contributed by atoms with Gasteiger partial charge in [-0.15, -0.1) is 0 Å². The van der Waals surface area contributed by atoms with Crippen molar-refractivity contribution in [3.8, 4) is 0 Å². The van der Waals surface area contributed by atoms with Crippen molar-refractivity contribution in [2.24, 2.45) is 0 Å². The van der Waals surface area contributed by atoms with E-state index >= 15 is 0 Å². The largest absolute Gasteiger partial charge is 0.444 e. The van der Waals surface area contributed by atoms with Crippen LogP contribution >= 0.6 is 0 Å². The highest BCUT2D eigenvalue weighted by Gasteiger charge is 2.15. The van der Waals surface area contributed by atoms with Crippen LogP contribution in [0.25, 0.3) is 0 Å². The Bertz CT molecular complexity index is 258. The molecule has 0 aromatic rings. The molecule has 5 nitrogen and oxygen atoms in total. The second-order valence-corrected chi connectivity index (χ2v) is 5.96. The topological polar surface area (TPSA) is 59.6 Å². The van der Waals surface area contributed by atoms with Crippen molar-refractivity contribution in [1.29, 1.82) is 0 Å². The van der Waals surface area contributed by atoms with Gasteiger partial charge in [0.15, 0.2) is 0 Å². The van der Waals surface area contributed by atoms with Crippen LogP contribution in [0.1, 0.15) is 46.5 Å². The van der Waals surface area contributed by atoms with E-state index in [0.29, 0.717) is 12.6 Å². The minimum atomic E-state index is -0.438. The van der Waals surface area contributed by atoms with Crippen LogP contribution in [0, 0.1) is 0 Å². The fraction of sp³-hybridized carbons (Fsp3) is 0.929. The maximum Gasteiger partial charge on any atom is 0.407 e. The predicted molar refractivity (Wildman–Crippen MR) is 75.3 cm³/mol. The van der Waals surface area contributed by atoms with Gasteiger partial charge >= 0.3 is 6.09 Å². The quantitative estimate of drug-likeness (QED) is 0.696. The Morgan fingerprint density at radius 2 is 1.84 bits per heavy atom. The molecule has 0 aromatic heterocycles. The van der Waals surface area contributed by atoms with Crippen molar-refractivity contribution in [2.75, 3.05) is 26.2 Å². The highest BCUT2D eigenvalue weighted by Crippen LogP contribution is 2.20. The minimum absolute atomic E-state index is 0.364. The van der Waals surface area contributed by atoms with Crippen LogP contribution in [-0.2, 0) is 9.47 Å². The number of carbonyl (C=O) groups is 1. The molecular formula is C14H28N2O3. The number of nitrogens with one attached hydrogen (secondary N) is 2. The molecule has 112 valence electrons. The summed E-state index contributed by atoms with van der Waals surface area (Å²) >= 11 is 0. The van der Waals surface area contributed by atoms with Crippen LogP contribution in [-0.4, -0.2) is 44.0 Å². The monoisotopic (exact) mass is 272 g/mol. The molecule has 0 atom stereocenters. The van der Waals surface area contributed by atoms with E-state index in [2.05, 4.69) is 10.6 Å². The number of hydrogen-bond donors (Lipinski definition) is 2. The zero-order chi connectivity index (χ0) is 14.1. The highest BCUT2D eigenvalue weighted by atomic mass is 16.6. The van der Waals surface area contributed by atoms with E-state index < -0.39 is 5.60 Å². The molecule has 0 aromatic carbocycles. The fourth-order valence-corrected chi connectivity index (χ4v) is 2.04. The lowest BCUT2D eigenvalue weighted by Crippen LogP contribution is -2.37. The Balaban J connectivity index is 1.86. The van der Waals surface area contributed by atoms with Crippen LogP contribution in [0.3, 0.4) is 0 Å². The maximum atomic E-state index is 11.3. The van der Waals surface area contributed by atoms with Gasteiger partial charge in [0.25, 0.3) is 0 Å². The van der Waals surface area contributed by atoms with Crippen LogP contribution < -0.4 is 10.6 Å². The lowest BCUT2D eigenvalue weighted by atomic mass is 10.2. The summed E-state index contributed by atoms with van der Waals surface area (Å²) < 4.78 is 10.9. The van der Waals surface area contributed by atoms with Crippen molar-refractivity contribution >= 4 is 6.09 Å². The molecule has 0 heterocycles. The third-order valence-corrected chi connectivity index (χ3v) is 2.90. The van der Waals surface area contributed by atoms with Crippen molar-refractivity contribution in [2.45, 2.75) is 58.2 Å². The van der Waals surface area contributed by atoms with Gasteiger partial charge in [-0.1, -0.05) is 12.8 Å². The summed E-state index contributed by atoms with van der Waals surface area (Å²) in [4.78, 5) is 11.3. The van der Waals surface area contributed by atoms with Crippen LogP contribution in [0.2, 0.25) is 0 Å². The summed E-state index contributed by atoms with van der Waals surface area (Å²) in [5.41, 5.74) is -0.438. The molecule has 5 heteroatoms. The van der Waals surface area contributed by atoms with Gasteiger partial charge in [0.1, 0.15) is 5.60 Å². The number of carbonyl (C=O) groups excluding carboxylic acids is 1. The van der Waals surface area contributed by atoms with Gasteiger partial charge in [0.2, 0.25) is 0 Å². The van der Waals surface area contributed by atoms with Gasteiger partial charge < -0.3 is 20.1 Å². The Morgan fingerprint density at radius 1 is 1.16 bits per heavy atom. The molecule has 1 rings (SSSR count). The van der Waals surface area contributed by atoms with Gasteiger partial charge in [0, 0.05) is 19.6 Å². The second kappa shape index (κ2) is 8.38.